The maximum atomic E-state index is 12.1. The molecular formula is C15H19F3N2O2S. The molecule has 1 heterocycles. The number of amides is 2. The van der Waals surface area contributed by atoms with Crippen molar-refractivity contribution in [1.29, 1.82) is 0 Å². The molecule has 0 spiro atoms. The van der Waals surface area contributed by atoms with Crippen LogP contribution in [-0.4, -0.2) is 31.1 Å². The summed E-state index contributed by atoms with van der Waals surface area (Å²) in [5.41, 5.74) is -0.216. The number of carbonyl (C=O) groups is 2. The van der Waals surface area contributed by atoms with Gasteiger partial charge in [-0.3, -0.25) is 9.59 Å². The highest BCUT2D eigenvalue weighted by molar-refractivity contribution is 7.10. The first-order valence-electron chi connectivity index (χ1n) is 7.49. The van der Waals surface area contributed by atoms with Crippen molar-refractivity contribution in [3.63, 3.8) is 0 Å². The molecule has 4 nitrogen and oxygen atoms in total. The average Bonchev–Trinajstić information content (AvgIpc) is 3.05. The minimum atomic E-state index is -4.53. The van der Waals surface area contributed by atoms with Crippen LogP contribution in [0.5, 0.6) is 0 Å². The number of hydrogen-bond donors (Lipinski definition) is 2. The molecule has 23 heavy (non-hydrogen) atoms. The van der Waals surface area contributed by atoms with Crippen molar-refractivity contribution in [2.75, 3.05) is 13.1 Å². The normalized spacial score (nSPS) is 17.5. The van der Waals surface area contributed by atoms with Crippen LogP contribution in [0.1, 0.15) is 37.0 Å². The van der Waals surface area contributed by atoms with E-state index in [4.69, 9.17) is 0 Å². The van der Waals surface area contributed by atoms with Crippen LogP contribution in [0, 0.1) is 0 Å². The van der Waals surface area contributed by atoms with Crippen molar-refractivity contribution in [3.05, 3.63) is 22.4 Å². The van der Waals surface area contributed by atoms with Crippen molar-refractivity contribution in [2.24, 2.45) is 0 Å². The monoisotopic (exact) mass is 348 g/mol. The second-order valence-corrected chi connectivity index (χ2v) is 6.75. The number of hydrogen-bond acceptors (Lipinski definition) is 3. The van der Waals surface area contributed by atoms with E-state index < -0.39 is 24.5 Å². The zero-order valence-electron chi connectivity index (χ0n) is 12.5. The number of rotatable bonds is 4. The zero-order chi connectivity index (χ0) is 16.9. The number of nitrogens with one attached hydrogen (secondary N) is 2. The fraction of sp³-hybridized carbons (Fsp3) is 0.600. The lowest BCUT2D eigenvalue weighted by Gasteiger charge is -2.36. The highest BCUT2D eigenvalue weighted by Crippen LogP contribution is 2.41. The molecule has 128 valence electrons. The summed E-state index contributed by atoms with van der Waals surface area (Å²) >= 11 is 1.60. The zero-order valence-corrected chi connectivity index (χ0v) is 13.4. The van der Waals surface area contributed by atoms with E-state index in [1.54, 1.807) is 16.7 Å². The maximum absolute atomic E-state index is 12.1. The molecule has 1 aromatic heterocycles. The molecule has 0 unspecified atom stereocenters. The molecule has 0 saturated heterocycles. The maximum Gasteiger partial charge on any atom is 0.405 e. The largest absolute Gasteiger partial charge is 0.405 e. The van der Waals surface area contributed by atoms with Gasteiger partial charge in [-0.15, -0.1) is 11.3 Å². The summed E-state index contributed by atoms with van der Waals surface area (Å²) in [6.45, 7) is -1.24. The summed E-state index contributed by atoms with van der Waals surface area (Å²) in [6.07, 6.45) is 0.475. The molecule has 8 heteroatoms. The van der Waals surface area contributed by atoms with Gasteiger partial charge in [-0.05, 0) is 24.3 Å². The van der Waals surface area contributed by atoms with Gasteiger partial charge >= 0.3 is 18.0 Å². The Morgan fingerprint density at radius 3 is 2.35 bits per heavy atom. The summed E-state index contributed by atoms with van der Waals surface area (Å²) in [4.78, 5) is 24.3. The summed E-state index contributed by atoms with van der Waals surface area (Å²) in [5, 5.41) is 6.05. The highest BCUT2D eigenvalue weighted by Gasteiger charge is 2.36. The SMILES string of the molecule is O=C(NCC(F)(F)F)C(=O)NCC1(c2cccs2)CCCCC1. The fourth-order valence-electron chi connectivity index (χ4n) is 2.91. The molecule has 1 fully saturated rings. The number of thiophene rings is 1. The van der Waals surface area contributed by atoms with E-state index >= 15 is 0 Å². The van der Waals surface area contributed by atoms with Gasteiger partial charge in [0, 0.05) is 16.8 Å². The minimum absolute atomic E-state index is 0.216. The molecule has 2 rings (SSSR count). The molecule has 2 N–H and O–H groups in total. The Hall–Kier alpha value is -1.57. The van der Waals surface area contributed by atoms with Crippen LogP contribution in [0.4, 0.5) is 13.2 Å². The van der Waals surface area contributed by atoms with Crippen LogP contribution >= 0.6 is 11.3 Å². The highest BCUT2D eigenvalue weighted by atomic mass is 32.1. The summed E-state index contributed by atoms with van der Waals surface area (Å²) in [6, 6.07) is 3.94. The topological polar surface area (TPSA) is 58.2 Å². The van der Waals surface area contributed by atoms with Crippen molar-refractivity contribution in [3.8, 4) is 0 Å². The minimum Gasteiger partial charge on any atom is -0.347 e. The lowest BCUT2D eigenvalue weighted by molar-refractivity contribution is -0.146. The van der Waals surface area contributed by atoms with Gasteiger partial charge in [-0.1, -0.05) is 25.3 Å². The molecule has 0 aromatic carbocycles. The molecule has 0 atom stereocenters. The standard InChI is InChI=1S/C15H19F3N2O2S/c16-15(17,18)10-20-13(22)12(21)19-9-14(6-2-1-3-7-14)11-5-4-8-23-11/h4-5,8H,1-3,6-7,9-10H2,(H,19,21)(H,20,22). The molecule has 0 bridgehead atoms. The second-order valence-electron chi connectivity index (χ2n) is 5.80. The number of alkyl halides is 3. The molecule has 1 aliphatic rings. The van der Waals surface area contributed by atoms with Crippen LogP contribution in [-0.2, 0) is 15.0 Å². The lowest BCUT2D eigenvalue weighted by atomic mass is 9.73. The van der Waals surface area contributed by atoms with Gasteiger partial charge in [0.15, 0.2) is 0 Å². The van der Waals surface area contributed by atoms with Crippen LogP contribution in [0.25, 0.3) is 0 Å². The fourth-order valence-corrected chi connectivity index (χ4v) is 3.90. The van der Waals surface area contributed by atoms with Crippen LogP contribution in [0.2, 0.25) is 0 Å². The third-order valence-corrected chi connectivity index (χ3v) is 5.21. The van der Waals surface area contributed by atoms with E-state index in [9.17, 15) is 22.8 Å². The second kappa shape index (κ2) is 7.33. The van der Waals surface area contributed by atoms with Gasteiger partial charge in [-0.2, -0.15) is 13.2 Å². The molecule has 0 aliphatic heterocycles. The first-order valence-corrected chi connectivity index (χ1v) is 8.37. The van der Waals surface area contributed by atoms with Gasteiger partial charge in [0.25, 0.3) is 0 Å². The first kappa shape index (κ1) is 17.8. The van der Waals surface area contributed by atoms with Crippen LogP contribution in [0.15, 0.2) is 17.5 Å². The smallest absolute Gasteiger partial charge is 0.347 e. The van der Waals surface area contributed by atoms with Crippen molar-refractivity contribution in [2.45, 2.75) is 43.7 Å². The van der Waals surface area contributed by atoms with E-state index in [1.165, 1.54) is 0 Å². The van der Waals surface area contributed by atoms with Crippen molar-refractivity contribution < 1.29 is 22.8 Å². The summed E-state index contributed by atoms with van der Waals surface area (Å²) in [7, 11) is 0. The Morgan fingerprint density at radius 1 is 1.13 bits per heavy atom. The van der Waals surface area contributed by atoms with Gasteiger partial charge in [-0.25, -0.2) is 0 Å². The van der Waals surface area contributed by atoms with E-state index in [-0.39, 0.29) is 12.0 Å². The van der Waals surface area contributed by atoms with Gasteiger partial charge < -0.3 is 10.6 Å². The first-order chi connectivity index (χ1) is 10.8. The number of carbonyl (C=O) groups excluding carboxylic acids is 2. The molecule has 0 radical (unpaired) electrons. The third-order valence-electron chi connectivity index (χ3n) is 4.10. The molecule has 1 aromatic rings. The predicted molar refractivity (Wildman–Crippen MR) is 81.2 cm³/mol. The Bertz CT molecular complexity index is 537. The van der Waals surface area contributed by atoms with E-state index in [0.717, 1.165) is 37.0 Å². The van der Waals surface area contributed by atoms with Gasteiger partial charge in [0.2, 0.25) is 0 Å². The van der Waals surface area contributed by atoms with E-state index in [1.807, 2.05) is 17.5 Å². The quantitative estimate of drug-likeness (QED) is 0.822. The van der Waals surface area contributed by atoms with Gasteiger partial charge in [0.1, 0.15) is 6.54 Å². The molecule has 2 amide bonds. The van der Waals surface area contributed by atoms with Crippen molar-refractivity contribution in [1.82, 2.24) is 10.6 Å². The third kappa shape index (κ3) is 4.95. The van der Waals surface area contributed by atoms with Crippen LogP contribution in [0.3, 0.4) is 0 Å². The van der Waals surface area contributed by atoms with Crippen LogP contribution < -0.4 is 10.6 Å². The van der Waals surface area contributed by atoms with Crippen molar-refractivity contribution >= 4 is 23.2 Å². The average molecular weight is 348 g/mol. The van der Waals surface area contributed by atoms with E-state index in [0.29, 0.717) is 0 Å². The summed E-state index contributed by atoms with van der Waals surface area (Å²) < 4.78 is 36.2. The van der Waals surface area contributed by atoms with Gasteiger partial charge in [0.05, 0.1) is 0 Å². The Kier molecular flexibility index (Phi) is 5.67. The predicted octanol–water partition coefficient (Wildman–Crippen LogP) is 2.74. The summed E-state index contributed by atoms with van der Waals surface area (Å²) in [5.74, 6) is -2.27. The Balaban J connectivity index is 1.94. The molecule has 1 aliphatic carbocycles. The Morgan fingerprint density at radius 2 is 1.78 bits per heavy atom. The number of halogens is 3. The lowest BCUT2D eigenvalue weighted by Crippen LogP contribution is -2.48. The Labute approximate surface area is 136 Å². The van der Waals surface area contributed by atoms with E-state index in [2.05, 4.69) is 5.32 Å². The molecular weight excluding hydrogens is 329 g/mol. The molecule has 1 saturated carbocycles.